The minimum absolute atomic E-state index is 0.0436. The quantitative estimate of drug-likeness (QED) is 0.510. The van der Waals surface area contributed by atoms with Crippen molar-refractivity contribution in [2.75, 3.05) is 7.05 Å². The van der Waals surface area contributed by atoms with Crippen LogP contribution in [0.3, 0.4) is 0 Å². The van der Waals surface area contributed by atoms with Crippen molar-refractivity contribution in [3.05, 3.63) is 65.2 Å². The van der Waals surface area contributed by atoms with Crippen LogP contribution in [0.4, 0.5) is 0 Å². The molecule has 0 unspecified atom stereocenters. The van der Waals surface area contributed by atoms with Gasteiger partial charge >= 0.3 is 0 Å². The zero-order valence-electron chi connectivity index (χ0n) is 18.0. The summed E-state index contributed by atoms with van der Waals surface area (Å²) in [4.78, 5) is 20.1. The number of nitrogens with zero attached hydrogens (tertiary/aromatic N) is 6. The molecule has 0 bridgehead atoms. The van der Waals surface area contributed by atoms with Gasteiger partial charge in [0.15, 0.2) is 0 Å². The monoisotopic (exact) mass is 402 g/mol. The highest BCUT2D eigenvalue weighted by Crippen LogP contribution is 2.29. The Morgan fingerprint density at radius 1 is 1.17 bits per heavy atom. The van der Waals surface area contributed by atoms with E-state index >= 15 is 0 Å². The number of fused-ring (bicyclic) bond motifs is 1. The Kier molecular flexibility index (Phi) is 5.11. The fourth-order valence-electron chi connectivity index (χ4n) is 3.92. The molecule has 0 aliphatic heterocycles. The van der Waals surface area contributed by atoms with E-state index < -0.39 is 0 Å². The summed E-state index contributed by atoms with van der Waals surface area (Å²) in [5.41, 5.74) is 6.11. The molecule has 3 aromatic heterocycles. The molecule has 0 spiro atoms. The minimum Gasteiger partial charge on any atom is -0.336 e. The van der Waals surface area contributed by atoms with Crippen LogP contribution in [0.1, 0.15) is 34.4 Å². The summed E-state index contributed by atoms with van der Waals surface area (Å²) in [6.07, 6.45) is 1.77. The predicted octanol–water partition coefficient (Wildman–Crippen LogP) is 3.74. The van der Waals surface area contributed by atoms with Crippen LogP contribution in [-0.4, -0.2) is 42.4 Å². The van der Waals surface area contributed by atoms with Crippen LogP contribution in [0.5, 0.6) is 0 Å². The molecule has 1 amide bonds. The summed E-state index contributed by atoms with van der Waals surface area (Å²) < 4.78 is 3.75. The molecule has 30 heavy (non-hydrogen) atoms. The van der Waals surface area contributed by atoms with Gasteiger partial charge in [-0.1, -0.05) is 18.2 Å². The highest BCUT2D eigenvalue weighted by atomic mass is 16.2. The topological polar surface area (TPSA) is 68.8 Å². The fourth-order valence-corrected chi connectivity index (χ4v) is 3.92. The van der Waals surface area contributed by atoms with E-state index in [1.807, 2.05) is 80.6 Å². The van der Waals surface area contributed by atoms with Gasteiger partial charge in [0.2, 0.25) is 0 Å². The second kappa shape index (κ2) is 7.74. The molecule has 1 aromatic carbocycles. The van der Waals surface area contributed by atoms with E-state index in [1.54, 1.807) is 11.1 Å². The average Bonchev–Trinajstić information content (AvgIpc) is 3.29. The number of aromatic nitrogens is 5. The normalized spacial score (nSPS) is 11.2. The molecule has 3 heterocycles. The van der Waals surface area contributed by atoms with Gasteiger partial charge in [0.1, 0.15) is 0 Å². The van der Waals surface area contributed by atoms with E-state index in [-0.39, 0.29) is 5.91 Å². The fraction of sp³-hybridized carbons (Fsp3) is 0.304. The van der Waals surface area contributed by atoms with Gasteiger partial charge < -0.3 is 4.90 Å². The van der Waals surface area contributed by atoms with Crippen molar-refractivity contribution >= 4 is 16.8 Å². The van der Waals surface area contributed by atoms with Crippen LogP contribution in [0.25, 0.3) is 22.2 Å². The summed E-state index contributed by atoms with van der Waals surface area (Å²) in [6, 6.07) is 11.6. The Labute approximate surface area is 176 Å². The van der Waals surface area contributed by atoms with Crippen molar-refractivity contribution in [3.8, 4) is 11.3 Å². The molecular formula is C23H26N6O. The van der Waals surface area contributed by atoms with Gasteiger partial charge in [-0.3, -0.25) is 14.2 Å². The van der Waals surface area contributed by atoms with Crippen LogP contribution in [0, 0.1) is 13.8 Å². The van der Waals surface area contributed by atoms with Gasteiger partial charge in [0.25, 0.3) is 5.91 Å². The van der Waals surface area contributed by atoms with E-state index in [2.05, 4.69) is 10.2 Å². The van der Waals surface area contributed by atoms with E-state index in [9.17, 15) is 4.79 Å². The summed E-state index contributed by atoms with van der Waals surface area (Å²) in [5, 5.41) is 9.67. The number of hydrogen-bond acceptors (Lipinski definition) is 4. The lowest BCUT2D eigenvalue weighted by molar-refractivity contribution is 0.0783. The van der Waals surface area contributed by atoms with Crippen LogP contribution in [-0.2, 0) is 20.1 Å². The molecule has 4 aromatic rings. The third-order valence-electron chi connectivity index (χ3n) is 5.56. The third kappa shape index (κ3) is 3.36. The summed E-state index contributed by atoms with van der Waals surface area (Å²) in [6.45, 7) is 7.29. The molecule has 4 rings (SSSR count). The zero-order chi connectivity index (χ0) is 21.4. The van der Waals surface area contributed by atoms with Gasteiger partial charge in [-0.15, -0.1) is 0 Å². The molecule has 7 heteroatoms. The van der Waals surface area contributed by atoms with Crippen molar-refractivity contribution in [1.82, 2.24) is 29.4 Å². The number of hydrogen-bond donors (Lipinski definition) is 0. The molecule has 7 nitrogen and oxygen atoms in total. The Hall–Kier alpha value is -3.48. The number of para-hydroxylation sites is 1. The number of benzene rings is 1. The molecular weight excluding hydrogens is 376 g/mol. The first-order chi connectivity index (χ1) is 14.4. The first-order valence-corrected chi connectivity index (χ1v) is 10.1. The summed E-state index contributed by atoms with van der Waals surface area (Å²) in [7, 11) is 3.74. The van der Waals surface area contributed by atoms with Gasteiger partial charge in [-0.2, -0.15) is 10.2 Å². The van der Waals surface area contributed by atoms with Crippen LogP contribution < -0.4 is 0 Å². The number of aryl methyl sites for hydroxylation is 3. The lowest BCUT2D eigenvalue weighted by Gasteiger charge is -2.19. The van der Waals surface area contributed by atoms with Crippen LogP contribution >= 0.6 is 0 Å². The summed E-state index contributed by atoms with van der Waals surface area (Å²) in [5.74, 6) is -0.0436. The van der Waals surface area contributed by atoms with Gasteiger partial charge in [-0.25, -0.2) is 4.98 Å². The minimum atomic E-state index is -0.0436. The van der Waals surface area contributed by atoms with Gasteiger partial charge in [0.05, 0.1) is 34.7 Å². The van der Waals surface area contributed by atoms with E-state index in [4.69, 9.17) is 4.98 Å². The van der Waals surface area contributed by atoms with E-state index in [0.29, 0.717) is 12.1 Å². The molecule has 0 N–H and O–H groups in total. The van der Waals surface area contributed by atoms with Crippen molar-refractivity contribution in [2.24, 2.45) is 7.05 Å². The average molecular weight is 403 g/mol. The van der Waals surface area contributed by atoms with Crippen LogP contribution in [0.15, 0.2) is 42.6 Å². The van der Waals surface area contributed by atoms with Crippen molar-refractivity contribution in [3.63, 3.8) is 0 Å². The molecule has 0 atom stereocenters. The molecule has 0 aliphatic carbocycles. The first kappa shape index (κ1) is 19.8. The first-order valence-electron chi connectivity index (χ1n) is 10.1. The van der Waals surface area contributed by atoms with E-state index in [1.165, 1.54) is 0 Å². The molecule has 0 aliphatic rings. The highest BCUT2D eigenvalue weighted by Gasteiger charge is 2.21. The largest absolute Gasteiger partial charge is 0.336 e. The van der Waals surface area contributed by atoms with Crippen molar-refractivity contribution in [1.29, 1.82) is 0 Å². The lowest BCUT2D eigenvalue weighted by Crippen LogP contribution is -2.27. The molecule has 154 valence electrons. The van der Waals surface area contributed by atoms with Crippen LogP contribution in [0.2, 0.25) is 0 Å². The maximum atomic E-state index is 13.5. The Bertz CT molecular complexity index is 1240. The van der Waals surface area contributed by atoms with Crippen molar-refractivity contribution < 1.29 is 4.79 Å². The zero-order valence-corrected chi connectivity index (χ0v) is 18.0. The molecule has 0 saturated heterocycles. The Morgan fingerprint density at radius 2 is 1.93 bits per heavy atom. The number of rotatable bonds is 5. The van der Waals surface area contributed by atoms with E-state index in [0.717, 1.165) is 45.8 Å². The van der Waals surface area contributed by atoms with Gasteiger partial charge in [0, 0.05) is 43.5 Å². The molecule has 0 saturated carbocycles. The number of carbonyl (C=O) groups is 1. The summed E-state index contributed by atoms with van der Waals surface area (Å²) >= 11 is 0. The number of carbonyl (C=O) groups excluding carboxylic acids is 1. The molecule has 0 fully saturated rings. The standard InChI is InChI=1S/C23H26N6O/c1-6-29-17(11-12-24-29)14-27(4)23(30)19-13-21(22-15(2)26-28(5)16(22)3)25-20-10-8-7-9-18(19)20/h7-13H,6,14H2,1-5H3. The maximum Gasteiger partial charge on any atom is 0.254 e. The molecule has 0 radical (unpaired) electrons. The van der Waals surface area contributed by atoms with Gasteiger partial charge in [-0.05, 0) is 39.0 Å². The lowest BCUT2D eigenvalue weighted by atomic mass is 10.0. The number of pyridine rings is 1. The SMILES string of the molecule is CCn1nccc1CN(C)C(=O)c1cc(-c2c(C)nn(C)c2C)nc2ccccc12. The Balaban J connectivity index is 1.80. The smallest absolute Gasteiger partial charge is 0.254 e. The third-order valence-corrected chi connectivity index (χ3v) is 5.56. The van der Waals surface area contributed by atoms with Crippen molar-refractivity contribution in [2.45, 2.75) is 33.9 Å². The maximum absolute atomic E-state index is 13.5. The predicted molar refractivity (Wildman–Crippen MR) is 117 cm³/mol. The second-order valence-electron chi connectivity index (χ2n) is 7.54. The second-order valence-corrected chi connectivity index (χ2v) is 7.54. The highest BCUT2D eigenvalue weighted by molar-refractivity contribution is 6.07. The Morgan fingerprint density at radius 3 is 2.63 bits per heavy atom. The number of amides is 1.